The lowest BCUT2D eigenvalue weighted by Gasteiger charge is -1.95. The quantitative estimate of drug-likeness (QED) is 0.159. The molecule has 13 heavy (non-hydrogen) atoms. The molecular formula is C7H12N2O4. The van der Waals surface area contributed by atoms with Crippen LogP contribution < -0.4 is 5.73 Å². The molecule has 0 fully saturated rings. The highest BCUT2D eigenvalue weighted by molar-refractivity contribution is 5.82. The Morgan fingerprint density at radius 2 is 2.23 bits per heavy atom. The van der Waals surface area contributed by atoms with Gasteiger partial charge in [0.05, 0.1) is 13.2 Å². The third-order valence-corrected chi connectivity index (χ3v) is 0.928. The highest BCUT2D eigenvalue weighted by Gasteiger charge is 1.91. The largest absolute Gasteiger partial charge is 0.466 e. The Labute approximate surface area is 75.9 Å². The second-order valence-corrected chi connectivity index (χ2v) is 1.95. The smallest absolute Gasteiger partial charge is 0.333 e. The predicted octanol–water partition coefficient (Wildman–Crippen LogP) is -0.392. The summed E-state index contributed by atoms with van der Waals surface area (Å²) in [5.41, 5.74) is 5.28. The summed E-state index contributed by atoms with van der Waals surface area (Å²) in [5, 5.41) is 3.39. The maximum atomic E-state index is 10.5. The molecule has 6 nitrogen and oxygen atoms in total. The second-order valence-electron chi connectivity index (χ2n) is 1.95. The van der Waals surface area contributed by atoms with E-state index in [1.165, 1.54) is 14.2 Å². The minimum absolute atomic E-state index is 0.173. The van der Waals surface area contributed by atoms with Crippen molar-refractivity contribution < 1.29 is 19.1 Å². The van der Waals surface area contributed by atoms with Crippen LogP contribution in [0.5, 0.6) is 0 Å². The first kappa shape index (κ1) is 11.4. The van der Waals surface area contributed by atoms with Gasteiger partial charge in [0.2, 0.25) is 0 Å². The standard InChI is InChI=1S/C7H12N2O4/c1-11-5-6(8)9-13-4-3-7(10)12-2/h3-4H,5H2,1-2H3,(H2,8,9)/b4-3+. The second kappa shape index (κ2) is 7.11. The Morgan fingerprint density at radius 3 is 2.77 bits per heavy atom. The summed E-state index contributed by atoms with van der Waals surface area (Å²) in [5.74, 6) is -0.350. The van der Waals surface area contributed by atoms with Crippen LogP contribution in [0.2, 0.25) is 0 Å². The van der Waals surface area contributed by atoms with Gasteiger partial charge < -0.3 is 20.0 Å². The fraction of sp³-hybridized carbons (Fsp3) is 0.429. The summed E-state index contributed by atoms with van der Waals surface area (Å²) in [4.78, 5) is 15.0. The molecule has 0 aromatic heterocycles. The van der Waals surface area contributed by atoms with Crippen LogP contribution in [0.4, 0.5) is 0 Å². The monoisotopic (exact) mass is 188 g/mol. The first-order valence-corrected chi connectivity index (χ1v) is 3.42. The Balaban J connectivity index is 3.70. The number of methoxy groups -OCH3 is 2. The third kappa shape index (κ3) is 6.82. The van der Waals surface area contributed by atoms with E-state index in [4.69, 9.17) is 5.73 Å². The van der Waals surface area contributed by atoms with Crippen LogP contribution in [0.25, 0.3) is 0 Å². The Bertz CT molecular complexity index is 213. The lowest BCUT2D eigenvalue weighted by atomic mass is 10.6. The van der Waals surface area contributed by atoms with Crippen molar-refractivity contribution in [2.75, 3.05) is 20.8 Å². The van der Waals surface area contributed by atoms with Crippen molar-refractivity contribution >= 4 is 11.8 Å². The van der Waals surface area contributed by atoms with Gasteiger partial charge in [-0.1, -0.05) is 5.16 Å². The molecule has 2 N–H and O–H groups in total. The van der Waals surface area contributed by atoms with Crippen molar-refractivity contribution in [2.24, 2.45) is 10.9 Å². The zero-order valence-electron chi connectivity index (χ0n) is 7.52. The van der Waals surface area contributed by atoms with Crippen LogP contribution >= 0.6 is 0 Å². The van der Waals surface area contributed by atoms with E-state index in [9.17, 15) is 4.79 Å². The molecule has 0 aromatic carbocycles. The Hall–Kier alpha value is -1.56. The van der Waals surface area contributed by atoms with E-state index in [0.717, 1.165) is 12.3 Å². The molecule has 0 rings (SSSR count). The van der Waals surface area contributed by atoms with Crippen LogP contribution in [0, 0.1) is 0 Å². The molecular weight excluding hydrogens is 176 g/mol. The number of amidine groups is 1. The molecule has 6 heteroatoms. The van der Waals surface area contributed by atoms with Gasteiger partial charge in [-0.3, -0.25) is 0 Å². The topological polar surface area (TPSA) is 83.1 Å². The summed E-state index contributed by atoms with van der Waals surface area (Å²) in [7, 11) is 2.74. The molecule has 0 atom stereocenters. The lowest BCUT2D eigenvalue weighted by Crippen LogP contribution is -2.17. The minimum Gasteiger partial charge on any atom is -0.466 e. The van der Waals surface area contributed by atoms with Gasteiger partial charge in [0.25, 0.3) is 0 Å². The number of oxime groups is 1. The normalized spacial score (nSPS) is 11.7. The fourth-order valence-corrected chi connectivity index (χ4v) is 0.426. The first-order chi connectivity index (χ1) is 6.20. The van der Waals surface area contributed by atoms with E-state index in [1.807, 2.05) is 0 Å². The van der Waals surface area contributed by atoms with Crippen LogP contribution in [0.3, 0.4) is 0 Å². The Kier molecular flexibility index (Phi) is 6.26. The average molecular weight is 188 g/mol. The molecule has 0 aliphatic rings. The maximum Gasteiger partial charge on any atom is 0.333 e. The molecule has 0 aromatic rings. The van der Waals surface area contributed by atoms with Gasteiger partial charge in [-0.2, -0.15) is 0 Å². The highest BCUT2D eigenvalue weighted by atomic mass is 16.6. The summed E-state index contributed by atoms with van der Waals surface area (Å²) >= 11 is 0. The van der Waals surface area contributed by atoms with Crippen LogP contribution in [0.15, 0.2) is 17.5 Å². The van der Waals surface area contributed by atoms with Crippen LogP contribution in [0.1, 0.15) is 0 Å². The maximum absolute atomic E-state index is 10.5. The van der Waals surface area contributed by atoms with E-state index in [-0.39, 0.29) is 12.4 Å². The minimum atomic E-state index is -0.527. The third-order valence-electron chi connectivity index (χ3n) is 0.928. The molecule has 0 spiro atoms. The van der Waals surface area contributed by atoms with Gasteiger partial charge in [0, 0.05) is 7.11 Å². The molecule has 0 aliphatic carbocycles. The van der Waals surface area contributed by atoms with Crippen molar-refractivity contribution in [2.45, 2.75) is 0 Å². The number of hydrogen-bond donors (Lipinski definition) is 1. The molecule has 0 aliphatic heterocycles. The zero-order valence-corrected chi connectivity index (χ0v) is 7.52. The van der Waals surface area contributed by atoms with E-state index in [1.54, 1.807) is 0 Å². The lowest BCUT2D eigenvalue weighted by molar-refractivity contribution is -0.134. The van der Waals surface area contributed by atoms with Gasteiger partial charge in [0.1, 0.15) is 12.9 Å². The average Bonchev–Trinajstić information content (AvgIpc) is 2.12. The number of carbonyl (C=O) groups excluding carboxylic acids is 1. The zero-order chi connectivity index (χ0) is 10.1. The van der Waals surface area contributed by atoms with Crippen LogP contribution in [-0.2, 0) is 19.1 Å². The molecule has 0 heterocycles. The van der Waals surface area contributed by atoms with Crippen molar-refractivity contribution in [1.29, 1.82) is 0 Å². The first-order valence-electron chi connectivity index (χ1n) is 3.42. The number of esters is 1. The number of ether oxygens (including phenoxy) is 2. The molecule has 0 unspecified atom stereocenters. The van der Waals surface area contributed by atoms with Crippen molar-refractivity contribution in [1.82, 2.24) is 0 Å². The summed E-state index contributed by atoms with van der Waals surface area (Å²) in [6.07, 6.45) is 2.14. The number of rotatable bonds is 5. The molecule has 0 bridgehead atoms. The predicted molar refractivity (Wildman–Crippen MR) is 45.7 cm³/mol. The summed E-state index contributed by atoms with van der Waals surface area (Å²) < 4.78 is 8.95. The van der Waals surface area contributed by atoms with Crippen molar-refractivity contribution in [3.05, 3.63) is 12.3 Å². The Morgan fingerprint density at radius 1 is 1.54 bits per heavy atom. The van der Waals surface area contributed by atoms with E-state index in [2.05, 4.69) is 19.5 Å². The fourth-order valence-electron chi connectivity index (χ4n) is 0.426. The van der Waals surface area contributed by atoms with Gasteiger partial charge >= 0.3 is 5.97 Å². The van der Waals surface area contributed by atoms with Gasteiger partial charge in [-0.15, -0.1) is 0 Å². The van der Waals surface area contributed by atoms with E-state index in [0.29, 0.717) is 0 Å². The van der Waals surface area contributed by atoms with Crippen molar-refractivity contribution in [3.8, 4) is 0 Å². The van der Waals surface area contributed by atoms with Crippen molar-refractivity contribution in [3.63, 3.8) is 0 Å². The number of hydrogen-bond acceptors (Lipinski definition) is 5. The van der Waals surface area contributed by atoms with Gasteiger partial charge in [-0.25, -0.2) is 4.79 Å². The SMILES string of the molecule is COCC(N)=NO/C=C/C(=O)OC. The number of carbonyl (C=O) groups is 1. The van der Waals surface area contributed by atoms with Crippen LogP contribution in [-0.4, -0.2) is 32.6 Å². The molecule has 0 radical (unpaired) electrons. The van der Waals surface area contributed by atoms with E-state index >= 15 is 0 Å². The molecule has 0 saturated heterocycles. The number of nitrogens with two attached hydrogens (primary N) is 1. The molecule has 74 valence electrons. The van der Waals surface area contributed by atoms with E-state index < -0.39 is 5.97 Å². The summed E-state index contributed by atoms with van der Waals surface area (Å²) in [6.45, 7) is 0.173. The highest BCUT2D eigenvalue weighted by Crippen LogP contribution is 1.82. The molecule has 0 amide bonds. The summed E-state index contributed by atoms with van der Waals surface area (Å²) in [6, 6.07) is 0. The number of nitrogens with zero attached hydrogens (tertiary/aromatic N) is 1. The molecule has 0 saturated carbocycles. The van der Waals surface area contributed by atoms with Gasteiger partial charge in [-0.05, 0) is 0 Å². The van der Waals surface area contributed by atoms with Gasteiger partial charge in [0.15, 0.2) is 5.84 Å².